The molecule has 0 N–H and O–H groups in total. The molecule has 0 aromatic carbocycles. The van der Waals surface area contributed by atoms with Crippen LogP contribution in [0.3, 0.4) is 0 Å². The van der Waals surface area contributed by atoms with E-state index in [1.54, 1.807) is 11.3 Å². The lowest BCUT2D eigenvalue weighted by Gasteiger charge is -1.78. The van der Waals surface area contributed by atoms with Crippen molar-refractivity contribution in [3.05, 3.63) is 21.4 Å². The van der Waals surface area contributed by atoms with Crippen molar-refractivity contribution in [3.8, 4) is 6.07 Å². The van der Waals surface area contributed by atoms with Crippen molar-refractivity contribution < 1.29 is 0 Å². The number of nitrogens with zero attached hydrogens (tertiary/aromatic N) is 1. The second-order valence-electron chi connectivity index (χ2n) is 1.97. The van der Waals surface area contributed by atoms with Gasteiger partial charge in [-0.1, -0.05) is 15.9 Å². The second-order valence-corrected chi connectivity index (χ2v) is 3.67. The van der Waals surface area contributed by atoms with Crippen LogP contribution in [-0.4, -0.2) is 0 Å². The number of aryl methyl sites for hydroxylation is 1. The normalized spacial score (nSPS) is 9.30. The molecule has 0 saturated carbocycles. The van der Waals surface area contributed by atoms with E-state index >= 15 is 0 Å². The largest absolute Gasteiger partial charge is 0.192 e. The average molecular weight is 216 g/mol. The Morgan fingerprint density at radius 1 is 1.80 bits per heavy atom. The number of hydrogen-bond acceptors (Lipinski definition) is 2. The van der Waals surface area contributed by atoms with Gasteiger partial charge in [0.05, 0.1) is 0 Å². The highest BCUT2D eigenvalue weighted by molar-refractivity contribution is 9.08. The third-order valence-electron chi connectivity index (χ3n) is 1.20. The molecule has 0 amide bonds. The third kappa shape index (κ3) is 1.39. The van der Waals surface area contributed by atoms with Gasteiger partial charge in [-0.2, -0.15) is 5.26 Å². The van der Waals surface area contributed by atoms with Gasteiger partial charge in [0, 0.05) is 10.2 Å². The monoisotopic (exact) mass is 215 g/mol. The Hall–Kier alpha value is -0.330. The lowest BCUT2D eigenvalue weighted by molar-refractivity contribution is 1.45. The van der Waals surface area contributed by atoms with Crippen LogP contribution in [0.4, 0.5) is 0 Å². The van der Waals surface area contributed by atoms with Crippen molar-refractivity contribution >= 4 is 27.3 Å². The van der Waals surface area contributed by atoms with Crippen LogP contribution in [0.1, 0.15) is 15.3 Å². The molecule has 0 fully saturated rings. The fourth-order valence-electron chi connectivity index (χ4n) is 0.725. The molecule has 0 bridgehead atoms. The maximum atomic E-state index is 8.57. The minimum Gasteiger partial charge on any atom is -0.192 e. The van der Waals surface area contributed by atoms with Gasteiger partial charge < -0.3 is 0 Å². The first-order valence-electron chi connectivity index (χ1n) is 2.83. The van der Waals surface area contributed by atoms with Crippen LogP contribution >= 0.6 is 27.3 Å². The predicted molar refractivity (Wildman–Crippen MR) is 46.4 cm³/mol. The van der Waals surface area contributed by atoms with Gasteiger partial charge in [-0.3, -0.25) is 0 Å². The van der Waals surface area contributed by atoms with Crippen molar-refractivity contribution in [2.24, 2.45) is 0 Å². The maximum absolute atomic E-state index is 8.57. The van der Waals surface area contributed by atoms with Gasteiger partial charge in [0.15, 0.2) is 0 Å². The molecule has 0 aliphatic rings. The summed E-state index contributed by atoms with van der Waals surface area (Å²) in [5.74, 6) is 0. The molecule has 1 nitrogen and oxygen atoms in total. The summed E-state index contributed by atoms with van der Waals surface area (Å²) < 4.78 is 0. The number of halogens is 1. The Kier molecular flexibility index (Phi) is 2.47. The topological polar surface area (TPSA) is 23.8 Å². The van der Waals surface area contributed by atoms with Crippen LogP contribution in [0.25, 0.3) is 0 Å². The van der Waals surface area contributed by atoms with Crippen LogP contribution in [0.5, 0.6) is 0 Å². The molecule has 1 rings (SSSR count). The number of hydrogen-bond donors (Lipinski definition) is 0. The van der Waals surface area contributed by atoms with E-state index in [2.05, 4.69) is 22.0 Å². The van der Waals surface area contributed by atoms with E-state index in [9.17, 15) is 0 Å². The van der Waals surface area contributed by atoms with E-state index in [0.29, 0.717) is 0 Å². The molecule has 0 atom stereocenters. The Labute approximate surface area is 72.4 Å². The van der Waals surface area contributed by atoms with E-state index < -0.39 is 0 Å². The Morgan fingerprint density at radius 2 is 2.50 bits per heavy atom. The van der Waals surface area contributed by atoms with E-state index in [4.69, 9.17) is 5.26 Å². The van der Waals surface area contributed by atoms with Crippen molar-refractivity contribution in [2.45, 2.75) is 12.3 Å². The second kappa shape index (κ2) is 3.18. The predicted octanol–water partition coefficient (Wildman–Crippen LogP) is 2.82. The lowest BCUT2D eigenvalue weighted by atomic mass is 10.3. The summed E-state index contributed by atoms with van der Waals surface area (Å²) in [6.07, 6.45) is 0. The molecule has 1 aromatic heterocycles. The number of alkyl halides is 1. The molecular weight excluding hydrogens is 210 g/mol. The summed E-state index contributed by atoms with van der Waals surface area (Å²) in [5.41, 5.74) is 1.09. The standard InChI is InChI=1S/C7H6BrNS/c1-5-2-6(3-8)10-7(5)4-9/h2H,3H2,1H3. The molecule has 10 heavy (non-hydrogen) atoms. The van der Waals surface area contributed by atoms with E-state index in [0.717, 1.165) is 15.8 Å². The quantitative estimate of drug-likeness (QED) is 0.662. The van der Waals surface area contributed by atoms with Crippen molar-refractivity contribution in [1.29, 1.82) is 5.26 Å². The van der Waals surface area contributed by atoms with Gasteiger partial charge in [0.2, 0.25) is 0 Å². The van der Waals surface area contributed by atoms with Gasteiger partial charge in [-0.15, -0.1) is 11.3 Å². The molecule has 1 aromatic rings. The summed E-state index contributed by atoms with van der Waals surface area (Å²) >= 11 is 4.89. The van der Waals surface area contributed by atoms with Gasteiger partial charge in [-0.05, 0) is 18.6 Å². The molecule has 0 saturated heterocycles. The summed E-state index contributed by atoms with van der Waals surface area (Å²) in [5, 5.41) is 9.42. The smallest absolute Gasteiger partial charge is 0.110 e. The SMILES string of the molecule is Cc1cc(CBr)sc1C#N. The minimum atomic E-state index is 0.828. The number of nitriles is 1. The van der Waals surface area contributed by atoms with Gasteiger partial charge >= 0.3 is 0 Å². The van der Waals surface area contributed by atoms with Crippen LogP contribution < -0.4 is 0 Å². The van der Waals surface area contributed by atoms with Crippen molar-refractivity contribution in [2.75, 3.05) is 0 Å². The molecule has 0 radical (unpaired) electrons. The highest BCUT2D eigenvalue weighted by atomic mass is 79.9. The van der Waals surface area contributed by atoms with Crippen LogP contribution in [0.2, 0.25) is 0 Å². The fraction of sp³-hybridized carbons (Fsp3) is 0.286. The zero-order valence-corrected chi connectivity index (χ0v) is 7.92. The minimum absolute atomic E-state index is 0.828. The summed E-state index contributed by atoms with van der Waals surface area (Å²) in [6.45, 7) is 1.96. The van der Waals surface area contributed by atoms with E-state index in [1.807, 2.05) is 13.0 Å². The summed E-state index contributed by atoms with van der Waals surface area (Å²) in [6, 6.07) is 4.19. The molecular formula is C7H6BrNS. The molecule has 3 heteroatoms. The highest BCUT2D eigenvalue weighted by Gasteiger charge is 2.01. The maximum Gasteiger partial charge on any atom is 0.110 e. The molecule has 52 valence electrons. The molecule has 0 unspecified atom stereocenters. The molecule has 0 aliphatic heterocycles. The van der Waals surface area contributed by atoms with Crippen LogP contribution in [0.15, 0.2) is 6.07 Å². The van der Waals surface area contributed by atoms with E-state index in [-0.39, 0.29) is 0 Å². The first kappa shape index (κ1) is 7.77. The first-order chi connectivity index (χ1) is 4.77. The third-order valence-corrected chi connectivity index (χ3v) is 3.32. The van der Waals surface area contributed by atoms with Gasteiger partial charge in [0.1, 0.15) is 10.9 Å². The first-order valence-corrected chi connectivity index (χ1v) is 4.77. The lowest BCUT2D eigenvalue weighted by Crippen LogP contribution is -1.65. The van der Waals surface area contributed by atoms with Crippen molar-refractivity contribution in [3.63, 3.8) is 0 Å². The Bertz CT molecular complexity index is 272. The average Bonchev–Trinajstić information content (AvgIpc) is 2.30. The highest BCUT2D eigenvalue weighted by Crippen LogP contribution is 2.22. The number of thiophene rings is 1. The molecule has 0 aliphatic carbocycles. The number of rotatable bonds is 1. The van der Waals surface area contributed by atoms with Gasteiger partial charge in [-0.25, -0.2) is 0 Å². The zero-order valence-electron chi connectivity index (χ0n) is 5.52. The van der Waals surface area contributed by atoms with E-state index in [1.165, 1.54) is 4.88 Å². The molecule has 0 spiro atoms. The zero-order chi connectivity index (χ0) is 7.56. The van der Waals surface area contributed by atoms with Crippen LogP contribution in [-0.2, 0) is 5.33 Å². The van der Waals surface area contributed by atoms with Crippen LogP contribution in [0, 0.1) is 18.3 Å². The summed E-state index contributed by atoms with van der Waals surface area (Å²) in [4.78, 5) is 2.04. The summed E-state index contributed by atoms with van der Waals surface area (Å²) in [7, 11) is 0. The van der Waals surface area contributed by atoms with Gasteiger partial charge in [0.25, 0.3) is 0 Å². The Morgan fingerprint density at radius 3 is 2.80 bits per heavy atom. The fourth-order valence-corrected chi connectivity index (χ4v) is 2.05. The van der Waals surface area contributed by atoms with Crippen molar-refractivity contribution in [1.82, 2.24) is 0 Å². The Balaban J connectivity index is 3.07. The molecule has 1 heterocycles.